The highest BCUT2D eigenvalue weighted by molar-refractivity contribution is 6.04. The van der Waals surface area contributed by atoms with Crippen molar-refractivity contribution in [3.05, 3.63) is 0 Å². The molecule has 1 rings (SSSR count). The number of carboxylic acids is 1. The summed E-state index contributed by atoms with van der Waals surface area (Å²) in [6, 6.07) is -0.684. The van der Waals surface area contributed by atoms with E-state index in [0.29, 0.717) is 12.8 Å². The van der Waals surface area contributed by atoms with E-state index in [9.17, 15) is 19.2 Å². The molecule has 8 nitrogen and oxygen atoms in total. The molecule has 4 amide bonds. The molecule has 1 heterocycles. The van der Waals surface area contributed by atoms with Gasteiger partial charge in [0, 0.05) is 19.5 Å². The SMILES string of the molecule is CC(CCCC(=O)O)NC(=O)CN1C(=O)CN(C)C1=O. The monoisotopic (exact) mass is 285 g/mol. The van der Waals surface area contributed by atoms with E-state index in [4.69, 9.17) is 5.11 Å². The standard InChI is InChI=1S/C12H19N3O5/c1-8(4-3-5-11(18)19)13-9(16)6-15-10(17)7-14(2)12(15)20/h8H,3-7H2,1-2H3,(H,13,16)(H,18,19). The fraction of sp³-hybridized carbons (Fsp3) is 0.667. The molecule has 0 radical (unpaired) electrons. The number of rotatable bonds is 7. The lowest BCUT2D eigenvalue weighted by Gasteiger charge is -2.17. The van der Waals surface area contributed by atoms with Gasteiger partial charge in [-0.15, -0.1) is 0 Å². The van der Waals surface area contributed by atoms with E-state index >= 15 is 0 Å². The predicted octanol–water partition coefficient (Wildman–Crippen LogP) is -0.360. The Balaban J connectivity index is 2.34. The quantitative estimate of drug-likeness (QED) is 0.621. The van der Waals surface area contributed by atoms with Crippen molar-refractivity contribution in [2.24, 2.45) is 0 Å². The third-order valence-corrected chi connectivity index (χ3v) is 2.97. The van der Waals surface area contributed by atoms with Gasteiger partial charge < -0.3 is 15.3 Å². The molecule has 0 aromatic heterocycles. The van der Waals surface area contributed by atoms with Crippen LogP contribution < -0.4 is 5.32 Å². The highest BCUT2D eigenvalue weighted by Gasteiger charge is 2.34. The Morgan fingerprint density at radius 3 is 2.55 bits per heavy atom. The summed E-state index contributed by atoms with van der Waals surface area (Å²) in [4.78, 5) is 47.3. The average Bonchev–Trinajstić information content (AvgIpc) is 2.55. The van der Waals surface area contributed by atoms with Crippen molar-refractivity contribution in [3.8, 4) is 0 Å². The molecule has 2 N–H and O–H groups in total. The zero-order chi connectivity index (χ0) is 15.3. The molecule has 112 valence electrons. The number of aliphatic carboxylic acids is 1. The number of likely N-dealkylation sites (N-methyl/N-ethyl adjacent to an activating group) is 1. The topological polar surface area (TPSA) is 107 Å². The first-order valence-corrected chi connectivity index (χ1v) is 6.38. The van der Waals surface area contributed by atoms with Gasteiger partial charge in [-0.1, -0.05) is 0 Å². The summed E-state index contributed by atoms with van der Waals surface area (Å²) in [5, 5.41) is 11.1. The van der Waals surface area contributed by atoms with Crippen molar-refractivity contribution in [1.29, 1.82) is 0 Å². The summed E-state index contributed by atoms with van der Waals surface area (Å²) in [5.74, 6) is -1.70. The lowest BCUT2D eigenvalue weighted by molar-refractivity contribution is -0.137. The maximum absolute atomic E-state index is 11.7. The smallest absolute Gasteiger partial charge is 0.327 e. The number of carboxylic acid groups (broad SMARTS) is 1. The van der Waals surface area contributed by atoms with Crippen molar-refractivity contribution in [3.63, 3.8) is 0 Å². The minimum absolute atomic E-state index is 0.0136. The Bertz CT molecular complexity index is 423. The number of hydrogen-bond donors (Lipinski definition) is 2. The summed E-state index contributed by atoms with van der Waals surface area (Å²) in [5.41, 5.74) is 0. The second-order valence-electron chi connectivity index (χ2n) is 4.87. The number of imide groups is 1. The van der Waals surface area contributed by atoms with E-state index in [1.165, 1.54) is 11.9 Å². The fourth-order valence-electron chi connectivity index (χ4n) is 1.92. The maximum Gasteiger partial charge on any atom is 0.327 e. The molecule has 8 heteroatoms. The molecule has 0 saturated carbocycles. The molecule has 1 aliphatic heterocycles. The van der Waals surface area contributed by atoms with E-state index in [0.717, 1.165) is 4.90 Å². The van der Waals surface area contributed by atoms with Crippen LogP contribution in [0.15, 0.2) is 0 Å². The fourth-order valence-corrected chi connectivity index (χ4v) is 1.92. The number of carbonyl (C=O) groups is 4. The normalized spacial score (nSPS) is 16.5. The van der Waals surface area contributed by atoms with E-state index in [1.807, 2.05) is 0 Å². The maximum atomic E-state index is 11.7. The Labute approximate surface area is 116 Å². The Kier molecular flexibility index (Phi) is 5.48. The molecule has 1 aliphatic rings. The van der Waals surface area contributed by atoms with Crippen LogP contribution in [0.2, 0.25) is 0 Å². The third kappa shape index (κ3) is 4.52. The van der Waals surface area contributed by atoms with E-state index in [1.54, 1.807) is 6.92 Å². The van der Waals surface area contributed by atoms with Crippen LogP contribution in [-0.2, 0) is 14.4 Å². The predicted molar refractivity (Wildman–Crippen MR) is 68.8 cm³/mol. The number of nitrogens with one attached hydrogen (secondary N) is 1. The van der Waals surface area contributed by atoms with Crippen LogP contribution in [0.4, 0.5) is 4.79 Å². The lowest BCUT2D eigenvalue weighted by Crippen LogP contribution is -2.43. The zero-order valence-electron chi connectivity index (χ0n) is 11.6. The molecule has 20 heavy (non-hydrogen) atoms. The van der Waals surface area contributed by atoms with Gasteiger partial charge in [0.15, 0.2) is 0 Å². The minimum atomic E-state index is -0.875. The lowest BCUT2D eigenvalue weighted by atomic mass is 10.1. The van der Waals surface area contributed by atoms with Crippen LogP contribution in [0.1, 0.15) is 26.2 Å². The number of nitrogens with zero attached hydrogens (tertiary/aromatic N) is 2. The van der Waals surface area contributed by atoms with Crippen LogP contribution in [0.25, 0.3) is 0 Å². The molecule has 1 atom stereocenters. The van der Waals surface area contributed by atoms with Gasteiger partial charge in [-0.05, 0) is 19.8 Å². The minimum Gasteiger partial charge on any atom is -0.481 e. The summed E-state index contributed by atoms with van der Waals surface area (Å²) in [6.45, 7) is 1.44. The van der Waals surface area contributed by atoms with Crippen molar-refractivity contribution in [1.82, 2.24) is 15.1 Å². The van der Waals surface area contributed by atoms with Crippen molar-refractivity contribution in [2.75, 3.05) is 20.1 Å². The number of urea groups is 1. The molecule has 0 aromatic carbocycles. The number of hydrogen-bond acceptors (Lipinski definition) is 4. The highest BCUT2D eigenvalue weighted by Crippen LogP contribution is 2.07. The van der Waals surface area contributed by atoms with Crippen molar-refractivity contribution < 1.29 is 24.3 Å². The molecule has 1 unspecified atom stereocenters. The van der Waals surface area contributed by atoms with Gasteiger partial charge in [0.1, 0.15) is 13.1 Å². The van der Waals surface area contributed by atoms with Crippen LogP contribution >= 0.6 is 0 Å². The summed E-state index contributed by atoms with van der Waals surface area (Å²) >= 11 is 0. The van der Waals surface area contributed by atoms with E-state index < -0.39 is 23.8 Å². The first kappa shape index (κ1) is 15.9. The van der Waals surface area contributed by atoms with Crippen LogP contribution in [0.5, 0.6) is 0 Å². The number of carbonyl (C=O) groups excluding carboxylic acids is 3. The van der Waals surface area contributed by atoms with Crippen LogP contribution in [-0.4, -0.2) is 64.9 Å². The number of amides is 4. The molecule has 0 aliphatic carbocycles. The summed E-state index contributed by atoms with van der Waals surface area (Å²) < 4.78 is 0. The van der Waals surface area contributed by atoms with Crippen LogP contribution in [0.3, 0.4) is 0 Å². The molecule has 1 fully saturated rings. The van der Waals surface area contributed by atoms with E-state index in [2.05, 4.69) is 5.32 Å². The molecular weight excluding hydrogens is 266 g/mol. The molecule has 1 saturated heterocycles. The summed E-state index contributed by atoms with van der Waals surface area (Å²) in [7, 11) is 1.49. The molecular formula is C12H19N3O5. The molecule has 0 aromatic rings. The van der Waals surface area contributed by atoms with Crippen molar-refractivity contribution >= 4 is 23.8 Å². The van der Waals surface area contributed by atoms with Gasteiger partial charge in [0.2, 0.25) is 5.91 Å². The first-order valence-electron chi connectivity index (χ1n) is 6.38. The highest BCUT2D eigenvalue weighted by atomic mass is 16.4. The third-order valence-electron chi connectivity index (χ3n) is 2.97. The van der Waals surface area contributed by atoms with Gasteiger partial charge in [-0.25, -0.2) is 4.79 Å². The second-order valence-corrected chi connectivity index (χ2v) is 4.87. The second kappa shape index (κ2) is 6.88. The molecule has 0 spiro atoms. The first-order chi connectivity index (χ1) is 9.31. The van der Waals surface area contributed by atoms with Gasteiger partial charge in [-0.3, -0.25) is 19.3 Å². The summed E-state index contributed by atoms with van der Waals surface area (Å²) in [6.07, 6.45) is 1.04. The largest absolute Gasteiger partial charge is 0.481 e. The van der Waals surface area contributed by atoms with Gasteiger partial charge in [0.05, 0.1) is 0 Å². The Morgan fingerprint density at radius 1 is 1.40 bits per heavy atom. The van der Waals surface area contributed by atoms with Gasteiger partial charge >= 0.3 is 12.0 Å². The van der Waals surface area contributed by atoms with Crippen LogP contribution in [0, 0.1) is 0 Å². The van der Waals surface area contributed by atoms with E-state index in [-0.39, 0.29) is 25.6 Å². The molecule has 0 bridgehead atoms. The van der Waals surface area contributed by atoms with Crippen molar-refractivity contribution in [2.45, 2.75) is 32.2 Å². The van der Waals surface area contributed by atoms with Gasteiger partial charge in [0.25, 0.3) is 5.91 Å². The zero-order valence-corrected chi connectivity index (χ0v) is 11.6. The Morgan fingerprint density at radius 2 is 2.05 bits per heavy atom. The van der Waals surface area contributed by atoms with Gasteiger partial charge in [-0.2, -0.15) is 0 Å². The average molecular weight is 285 g/mol. The Hall–Kier alpha value is -2.12.